The highest BCUT2D eigenvalue weighted by molar-refractivity contribution is 7.99. The zero-order chi connectivity index (χ0) is 20.3. The molecule has 0 spiro atoms. The number of nitrogens with one attached hydrogen (secondary N) is 2. The lowest BCUT2D eigenvalue weighted by Gasteiger charge is -2.08. The first-order valence-corrected chi connectivity index (χ1v) is 10.9. The van der Waals surface area contributed by atoms with Gasteiger partial charge >= 0.3 is 0 Å². The van der Waals surface area contributed by atoms with E-state index in [0.29, 0.717) is 10.7 Å². The number of sulfonamides is 1. The Morgan fingerprint density at radius 2 is 1.79 bits per heavy atom. The van der Waals surface area contributed by atoms with E-state index in [4.69, 9.17) is 11.6 Å². The van der Waals surface area contributed by atoms with Crippen LogP contribution in [0.3, 0.4) is 0 Å². The summed E-state index contributed by atoms with van der Waals surface area (Å²) in [5.41, 5.74) is 0.844. The van der Waals surface area contributed by atoms with E-state index >= 15 is 0 Å². The van der Waals surface area contributed by atoms with E-state index in [-0.39, 0.29) is 10.6 Å². The third kappa shape index (κ3) is 4.59. The summed E-state index contributed by atoms with van der Waals surface area (Å²) in [6.45, 7) is 0. The fourth-order valence-electron chi connectivity index (χ4n) is 2.48. The van der Waals surface area contributed by atoms with Crippen molar-refractivity contribution < 1.29 is 13.2 Å². The molecule has 0 unspecified atom stereocenters. The minimum absolute atomic E-state index is 0.0362. The van der Waals surface area contributed by atoms with E-state index in [1.807, 2.05) is 36.4 Å². The quantitative estimate of drug-likeness (QED) is 0.613. The van der Waals surface area contributed by atoms with Crippen molar-refractivity contribution in [2.45, 2.75) is 14.7 Å². The molecule has 2 aromatic carbocycles. The highest BCUT2D eigenvalue weighted by Gasteiger charge is 2.19. The molecule has 3 aromatic rings. The number of hydrogen-bond donors (Lipinski definition) is 2. The average Bonchev–Trinajstić information content (AvgIpc) is 3.08. The summed E-state index contributed by atoms with van der Waals surface area (Å²) in [5.74, 6) is -0.397. The maximum absolute atomic E-state index is 12.5. The first kappa shape index (κ1) is 20.5. The molecule has 6 nitrogen and oxygen atoms in total. The molecule has 0 bridgehead atoms. The Hall–Kier alpha value is -2.26. The van der Waals surface area contributed by atoms with Gasteiger partial charge in [-0.25, -0.2) is 13.1 Å². The molecule has 28 heavy (non-hydrogen) atoms. The standard InChI is InChI=1S/C19H18ClN3O3S2/c1-21-28(25,26)15-11-17(23(2)12-15)19(24)22-13-7-9-14(10-8-13)27-18-6-4-3-5-16(18)20/h3-12,21H,1-2H3,(H,22,24). The summed E-state index contributed by atoms with van der Waals surface area (Å²) < 4.78 is 27.5. The second kappa shape index (κ2) is 8.40. The smallest absolute Gasteiger partial charge is 0.272 e. The van der Waals surface area contributed by atoms with Crippen molar-refractivity contribution in [2.24, 2.45) is 7.05 Å². The molecule has 9 heteroatoms. The molecule has 146 valence electrons. The van der Waals surface area contributed by atoms with E-state index in [1.54, 1.807) is 19.2 Å². The Labute approximate surface area is 173 Å². The molecule has 0 radical (unpaired) electrons. The Bertz CT molecular complexity index is 1110. The summed E-state index contributed by atoms with van der Waals surface area (Å²) in [7, 11) is -0.668. The van der Waals surface area contributed by atoms with Gasteiger partial charge in [0.1, 0.15) is 10.6 Å². The van der Waals surface area contributed by atoms with Gasteiger partial charge in [-0.05, 0) is 49.5 Å². The molecular weight excluding hydrogens is 418 g/mol. The van der Waals surface area contributed by atoms with Gasteiger partial charge in [-0.1, -0.05) is 35.5 Å². The molecule has 0 fully saturated rings. The Morgan fingerprint density at radius 3 is 2.43 bits per heavy atom. The van der Waals surface area contributed by atoms with Gasteiger partial charge in [-0.15, -0.1) is 0 Å². The normalized spacial score (nSPS) is 11.4. The number of carbonyl (C=O) groups is 1. The maximum Gasteiger partial charge on any atom is 0.272 e. The second-order valence-corrected chi connectivity index (χ2v) is 9.30. The van der Waals surface area contributed by atoms with E-state index in [0.717, 1.165) is 9.79 Å². The van der Waals surface area contributed by atoms with Crippen LogP contribution in [0.5, 0.6) is 0 Å². The zero-order valence-corrected chi connectivity index (χ0v) is 17.5. The van der Waals surface area contributed by atoms with Crippen LogP contribution in [0.1, 0.15) is 10.5 Å². The molecule has 1 heterocycles. The predicted octanol–water partition coefficient (Wildman–Crippen LogP) is 3.99. The van der Waals surface area contributed by atoms with Crippen LogP contribution in [-0.2, 0) is 17.1 Å². The van der Waals surface area contributed by atoms with Crippen LogP contribution >= 0.6 is 23.4 Å². The molecule has 1 aromatic heterocycles. The van der Waals surface area contributed by atoms with Crippen molar-refractivity contribution in [1.29, 1.82) is 0 Å². The topological polar surface area (TPSA) is 80.2 Å². The molecule has 0 aliphatic rings. The molecule has 0 saturated heterocycles. The summed E-state index contributed by atoms with van der Waals surface area (Å²) in [5, 5.41) is 3.46. The van der Waals surface area contributed by atoms with Crippen molar-refractivity contribution in [1.82, 2.24) is 9.29 Å². The first-order chi connectivity index (χ1) is 13.3. The Balaban J connectivity index is 1.72. The molecule has 3 rings (SSSR count). The number of aryl methyl sites for hydroxylation is 1. The van der Waals surface area contributed by atoms with Crippen molar-refractivity contribution in [3.05, 3.63) is 71.5 Å². The van der Waals surface area contributed by atoms with Gasteiger partial charge in [-0.3, -0.25) is 4.79 Å². The van der Waals surface area contributed by atoms with Crippen LogP contribution in [0.25, 0.3) is 0 Å². The van der Waals surface area contributed by atoms with Crippen LogP contribution in [-0.4, -0.2) is 25.9 Å². The number of rotatable bonds is 6. The SMILES string of the molecule is CNS(=O)(=O)c1cc(C(=O)Nc2ccc(Sc3ccccc3Cl)cc2)n(C)c1. The number of nitrogens with zero attached hydrogens (tertiary/aromatic N) is 1. The molecule has 2 N–H and O–H groups in total. The molecule has 0 saturated carbocycles. The molecule has 0 atom stereocenters. The predicted molar refractivity (Wildman–Crippen MR) is 112 cm³/mol. The molecule has 0 aliphatic heterocycles. The summed E-state index contributed by atoms with van der Waals surface area (Å²) in [4.78, 5) is 14.5. The van der Waals surface area contributed by atoms with Crippen LogP contribution in [0, 0.1) is 0 Å². The highest BCUT2D eigenvalue weighted by Crippen LogP contribution is 2.33. The largest absolute Gasteiger partial charge is 0.345 e. The highest BCUT2D eigenvalue weighted by atomic mass is 35.5. The van der Waals surface area contributed by atoms with Crippen molar-refractivity contribution in [3.8, 4) is 0 Å². The average molecular weight is 436 g/mol. The van der Waals surface area contributed by atoms with Gasteiger partial charge in [0.15, 0.2) is 0 Å². The fourth-order valence-corrected chi connectivity index (χ4v) is 4.37. The number of hydrogen-bond acceptors (Lipinski definition) is 4. The van der Waals surface area contributed by atoms with Gasteiger partial charge < -0.3 is 9.88 Å². The Morgan fingerprint density at radius 1 is 1.11 bits per heavy atom. The van der Waals surface area contributed by atoms with Gasteiger partial charge in [0.25, 0.3) is 5.91 Å². The van der Waals surface area contributed by atoms with Gasteiger partial charge in [0.05, 0.1) is 5.02 Å². The van der Waals surface area contributed by atoms with Gasteiger partial charge in [0, 0.05) is 28.7 Å². The number of benzene rings is 2. The van der Waals surface area contributed by atoms with E-state index in [1.165, 1.54) is 35.6 Å². The van der Waals surface area contributed by atoms with E-state index < -0.39 is 15.9 Å². The number of amides is 1. The number of aromatic nitrogens is 1. The molecule has 0 aliphatic carbocycles. The van der Waals surface area contributed by atoms with E-state index in [9.17, 15) is 13.2 Å². The maximum atomic E-state index is 12.5. The third-order valence-electron chi connectivity index (χ3n) is 3.97. The van der Waals surface area contributed by atoms with Crippen molar-refractivity contribution >= 4 is 45.0 Å². The zero-order valence-electron chi connectivity index (χ0n) is 15.1. The molecular formula is C19H18ClN3O3S2. The third-order valence-corrected chi connectivity index (χ3v) is 6.87. The van der Waals surface area contributed by atoms with Gasteiger partial charge in [-0.2, -0.15) is 0 Å². The lowest BCUT2D eigenvalue weighted by atomic mass is 10.3. The van der Waals surface area contributed by atoms with Crippen LogP contribution in [0.15, 0.2) is 75.5 Å². The monoisotopic (exact) mass is 435 g/mol. The van der Waals surface area contributed by atoms with Crippen molar-refractivity contribution in [2.75, 3.05) is 12.4 Å². The number of anilines is 1. The lowest BCUT2D eigenvalue weighted by molar-refractivity contribution is 0.101. The summed E-state index contributed by atoms with van der Waals surface area (Å²) in [6, 6.07) is 16.2. The fraction of sp³-hybridized carbons (Fsp3) is 0.105. The molecule has 1 amide bonds. The van der Waals surface area contributed by atoms with E-state index in [2.05, 4.69) is 10.0 Å². The minimum atomic E-state index is -3.61. The van der Waals surface area contributed by atoms with Crippen LogP contribution < -0.4 is 10.0 Å². The van der Waals surface area contributed by atoms with Gasteiger partial charge in [0.2, 0.25) is 10.0 Å². The lowest BCUT2D eigenvalue weighted by Crippen LogP contribution is -2.18. The van der Waals surface area contributed by atoms with Crippen LogP contribution in [0.2, 0.25) is 5.02 Å². The van der Waals surface area contributed by atoms with Crippen LogP contribution in [0.4, 0.5) is 5.69 Å². The minimum Gasteiger partial charge on any atom is -0.345 e. The Kier molecular flexibility index (Phi) is 6.14. The number of carbonyl (C=O) groups excluding carboxylic acids is 1. The number of halogens is 1. The summed E-state index contributed by atoms with van der Waals surface area (Å²) >= 11 is 7.70. The first-order valence-electron chi connectivity index (χ1n) is 8.24. The summed E-state index contributed by atoms with van der Waals surface area (Å²) in [6.07, 6.45) is 1.39. The van der Waals surface area contributed by atoms with Crippen molar-refractivity contribution in [3.63, 3.8) is 0 Å². The second-order valence-electron chi connectivity index (χ2n) is 5.89.